The van der Waals surface area contributed by atoms with Gasteiger partial charge >= 0.3 is 0 Å². The minimum absolute atomic E-state index is 0.0884. The van der Waals surface area contributed by atoms with E-state index in [9.17, 15) is 0 Å². The number of ether oxygens (including phenoxy) is 6. The molecular weight excluding hydrogens is 425 g/mol. The molecule has 0 spiro atoms. The van der Waals surface area contributed by atoms with Crippen molar-refractivity contribution in [3.8, 4) is 0 Å². The Bertz CT molecular complexity index is 305. The van der Waals surface area contributed by atoms with E-state index in [1.165, 1.54) is 18.1 Å². The first-order valence-electron chi connectivity index (χ1n) is 9.61. The lowest BCUT2D eigenvalue weighted by atomic mass is 10.5. The molecule has 0 aliphatic rings. The van der Waals surface area contributed by atoms with Crippen LogP contribution in [0.3, 0.4) is 0 Å². The highest BCUT2D eigenvalue weighted by molar-refractivity contribution is 6.63. The Morgan fingerprint density at radius 2 is 0.714 bits per heavy atom. The number of hydrogen-bond acceptors (Lipinski definition) is 6. The molecule has 0 aliphatic carbocycles. The van der Waals surface area contributed by atoms with Crippen LogP contribution in [0.5, 0.6) is 0 Å². The van der Waals surface area contributed by atoms with Gasteiger partial charge in [-0.1, -0.05) is 38.9 Å². The summed E-state index contributed by atoms with van der Waals surface area (Å²) in [6.07, 6.45) is 0. The predicted octanol–water partition coefficient (Wildman–Crippen LogP) is 2.75. The van der Waals surface area contributed by atoms with E-state index in [1.54, 1.807) is 42.7 Å². The molecule has 0 N–H and O–H groups in total. The van der Waals surface area contributed by atoms with Crippen molar-refractivity contribution in [1.82, 2.24) is 0 Å². The van der Waals surface area contributed by atoms with Crippen LogP contribution in [0.4, 0.5) is 0 Å². The Balaban J connectivity index is 4.88. The molecule has 28 heavy (non-hydrogen) atoms. The average Bonchev–Trinajstić information content (AvgIpc) is 2.67. The molecule has 0 aromatic carbocycles. The van der Waals surface area contributed by atoms with Crippen LogP contribution in [0.25, 0.3) is 0 Å². The Morgan fingerprint density at radius 1 is 0.500 bits per heavy atom. The van der Waals surface area contributed by atoms with Crippen molar-refractivity contribution in [3.05, 3.63) is 0 Å². The molecule has 0 aromatic rings. The lowest BCUT2D eigenvalue weighted by Crippen LogP contribution is -2.31. The van der Waals surface area contributed by atoms with Crippen molar-refractivity contribution < 1.29 is 28.4 Å². The largest absolute Gasteiger partial charge is 0.360 e. The Hall–Kier alpha value is 0.628. The molecule has 0 saturated carbocycles. The van der Waals surface area contributed by atoms with Gasteiger partial charge in [-0.05, 0) is 16.6 Å². The van der Waals surface area contributed by atoms with Crippen LogP contribution in [0.15, 0.2) is 0 Å². The predicted molar refractivity (Wildman–Crippen MR) is 119 cm³/mol. The summed E-state index contributed by atoms with van der Waals surface area (Å²) in [5, 5.41) is 0. The minimum Gasteiger partial charge on any atom is -0.360 e. The van der Waals surface area contributed by atoms with E-state index in [-0.39, 0.29) is 17.7 Å². The SMILES string of the molecule is COC(OC)[Si]C(C)C[Si](CC(C)[Si]C(OC)OC)CC(C)[Si]C(OC)OC. The van der Waals surface area contributed by atoms with Gasteiger partial charge in [-0.15, -0.1) is 0 Å². The second kappa shape index (κ2) is 17.3. The fourth-order valence-electron chi connectivity index (χ4n) is 3.12. The molecule has 6 nitrogen and oxygen atoms in total. The third-order valence-electron chi connectivity index (χ3n) is 4.33. The molecule has 0 bridgehead atoms. The van der Waals surface area contributed by atoms with Crippen molar-refractivity contribution in [3.63, 3.8) is 0 Å². The molecule has 10 heteroatoms. The highest BCUT2D eigenvalue weighted by Gasteiger charge is 2.26. The summed E-state index contributed by atoms with van der Waals surface area (Å²) >= 11 is 0. The molecule has 0 aromatic heterocycles. The Labute approximate surface area is 181 Å². The van der Waals surface area contributed by atoms with Crippen LogP contribution in [-0.2, 0) is 28.4 Å². The summed E-state index contributed by atoms with van der Waals surface area (Å²) in [6, 6.07) is 3.81. The highest BCUT2D eigenvalue weighted by Crippen LogP contribution is 2.29. The fraction of sp³-hybridized carbons (Fsp3) is 1.00. The Morgan fingerprint density at radius 3 is 0.893 bits per heavy atom. The molecule has 0 aliphatic heterocycles. The molecule has 0 heterocycles. The highest BCUT2D eigenvalue weighted by atomic mass is 28.3. The molecular formula is C18H39O6Si4. The van der Waals surface area contributed by atoms with Crippen LogP contribution in [0.1, 0.15) is 20.8 Å². The van der Waals surface area contributed by atoms with E-state index < -0.39 is 8.80 Å². The second-order valence-corrected chi connectivity index (χ2v) is 15.1. The summed E-state index contributed by atoms with van der Waals surface area (Å²) in [4.78, 5) is 0. The third kappa shape index (κ3) is 13.0. The van der Waals surface area contributed by atoms with Crippen molar-refractivity contribution >= 4 is 37.4 Å². The summed E-state index contributed by atoms with van der Waals surface area (Å²) in [7, 11) is 11.8. The van der Waals surface area contributed by atoms with E-state index >= 15 is 0 Å². The third-order valence-corrected chi connectivity index (χ3v) is 13.7. The van der Waals surface area contributed by atoms with Gasteiger partial charge < -0.3 is 28.4 Å². The van der Waals surface area contributed by atoms with Gasteiger partial charge in [0.1, 0.15) is 46.3 Å². The van der Waals surface area contributed by atoms with Gasteiger partial charge in [-0.3, -0.25) is 0 Å². The molecule has 163 valence electrons. The fourth-order valence-corrected chi connectivity index (χ4v) is 12.4. The number of hydrogen-bond donors (Lipinski definition) is 0. The number of rotatable bonds is 18. The van der Waals surface area contributed by atoms with E-state index in [1.807, 2.05) is 0 Å². The summed E-state index contributed by atoms with van der Waals surface area (Å²) in [6.45, 7) is 6.98. The topological polar surface area (TPSA) is 55.4 Å². The van der Waals surface area contributed by atoms with Gasteiger partial charge in [0.25, 0.3) is 0 Å². The van der Waals surface area contributed by atoms with E-state index in [0.29, 0.717) is 45.2 Å². The maximum atomic E-state index is 5.42. The molecule has 0 fully saturated rings. The van der Waals surface area contributed by atoms with Crippen LogP contribution in [-0.4, -0.2) is 97.8 Å². The standard InChI is InChI=1S/C18H39O6Si4/c1-13(25-16(19-4)20-5)10-28(11-14(2)26-17(21-6)22-7)12-15(3)27-18(23-8)24-9/h13-18H,10-12H2,1-9H3. The van der Waals surface area contributed by atoms with Crippen LogP contribution in [0, 0.1) is 0 Å². The van der Waals surface area contributed by atoms with E-state index in [4.69, 9.17) is 28.4 Å². The molecule has 3 atom stereocenters. The lowest BCUT2D eigenvalue weighted by Gasteiger charge is -2.27. The van der Waals surface area contributed by atoms with Gasteiger partial charge in [0.15, 0.2) is 0 Å². The quantitative estimate of drug-likeness (QED) is 0.230. The lowest BCUT2D eigenvalue weighted by molar-refractivity contribution is -0.0447. The van der Waals surface area contributed by atoms with Crippen molar-refractivity contribution in [2.75, 3.05) is 42.7 Å². The molecule has 0 amide bonds. The summed E-state index contributed by atoms with van der Waals surface area (Å²) < 4.78 is 32.5. The smallest absolute Gasteiger partial charge is 0.136 e. The van der Waals surface area contributed by atoms with Crippen LogP contribution < -0.4 is 0 Å². The van der Waals surface area contributed by atoms with Crippen LogP contribution in [0.2, 0.25) is 34.8 Å². The molecule has 3 unspecified atom stereocenters. The normalized spacial score (nSPS) is 15.8. The maximum absolute atomic E-state index is 5.42. The first-order chi connectivity index (χ1) is 13.3. The van der Waals surface area contributed by atoms with Crippen molar-refractivity contribution in [1.29, 1.82) is 0 Å². The Kier molecular flexibility index (Phi) is 17.7. The average molecular weight is 464 g/mol. The zero-order valence-corrected chi connectivity index (χ0v) is 23.0. The number of methoxy groups -OCH3 is 6. The maximum Gasteiger partial charge on any atom is 0.136 e. The molecule has 0 saturated heterocycles. The van der Waals surface area contributed by atoms with Crippen molar-refractivity contribution in [2.45, 2.75) is 73.3 Å². The zero-order chi connectivity index (χ0) is 21.5. The summed E-state index contributed by atoms with van der Waals surface area (Å²) in [5.74, 6) is -0.265. The van der Waals surface area contributed by atoms with Gasteiger partial charge in [0, 0.05) is 51.5 Å². The zero-order valence-electron chi connectivity index (χ0n) is 19.0. The molecule has 7 radical (unpaired) electrons. The van der Waals surface area contributed by atoms with Gasteiger partial charge in [0.05, 0.1) is 0 Å². The first kappa shape index (κ1) is 28.6. The van der Waals surface area contributed by atoms with Gasteiger partial charge in [-0.25, -0.2) is 0 Å². The summed E-state index contributed by atoms with van der Waals surface area (Å²) in [5.41, 5.74) is 1.81. The van der Waals surface area contributed by atoms with E-state index in [2.05, 4.69) is 20.8 Å². The van der Waals surface area contributed by atoms with Gasteiger partial charge in [-0.2, -0.15) is 0 Å². The van der Waals surface area contributed by atoms with Crippen LogP contribution >= 0.6 is 0 Å². The van der Waals surface area contributed by atoms with Gasteiger partial charge in [0.2, 0.25) is 0 Å². The first-order valence-corrected chi connectivity index (χ1v) is 15.2. The van der Waals surface area contributed by atoms with E-state index in [0.717, 1.165) is 0 Å². The van der Waals surface area contributed by atoms with Crippen molar-refractivity contribution in [2.24, 2.45) is 0 Å². The second-order valence-electron chi connectivity index (χ2n) is 6.98. The minimum atomic E-state index is -0.538. The molecule has 0 rings (SSSR count). The monoisotopic (exact) mass is 463 g/mol.